The SMILES string of the molecule is C[C@H]1O[C@@H](O[C@H]2CC[C@]3(C)[C@H]4CC=C5[C@@H]6CC(C)(C)CC[C@]6(C(=O)O)CC[C@@]5(C(=O)O)[C@]4(C)CC[C@H]3C2(C)C)[C@H](O)[C@@H](O)[C@H]1O. The molecule has 9 heteroatoms. The van der Waals surface area contributed by atoms with E-state index >= 15 is 0 Å². The number of aliphatic hydroxyl groups excluding tert-OH is 3. The summed E-state index contributed by atoms with van der Waals surface area (Å²) in [5.74, 6) is -1.52. The van der Waals surface area contributed by atoms with Crippen LogP contribution in [0.25, 0.3) is 0 Å². The monoisotopic (exact) mass is 632 g/mol. The van der Waals surface area contributed by atoms with Crippen LogP contribution in [0.5, 0.6) is 0 Å². The second-order valence-electron chi connectivity index (χ2n) is 17.7. The lowest BCUT2D eigenvalue weighted by molar-refractivity contribution is -0.324. The van der Waals surface area contributed by atoms with Gasteiger partial charge < -0.3 is 35.0 Å². The molecule has 1 heterocycles. The van der Waals surface area contributed by atoms with Gasteiger partial charge in [0.2, 0.25) is 0 Å². The lowest BCUT2D eigenvalue weighted by Crippen LogP contribution is -2.68. The van der Waals surface area contributed by atoms with Crippen molar-refractivity contribution < 1.29 is 44.6 Å². The van der Waals surface area contributed by atoms with Gasteiger partial charge in [0.05, 0.1) is 23.0 Å². The van der Waals surface area contributed by atoms with E-state index in [2.05, 4.69) is 47.6 Å². The number of hydrogen-bond acceptors (Lipinski definition) is 7. The number of carboxylic acids is 2. The fraction of sp³-hybridized carbons (Fsp3) is 0.889. The number of rotatable bonds is 4. The second kappa shape index (κ2) is 10.5. The number of carbonyl (C=O) groups is 2. The summed E-state index contributed by atoms with van der Waals surface area (Å²) in [5.41, 5.74) is -2.17. The minimum Gasteiger partial charge on any atom is -0.481 e. The molecule has 6 rings (SSSR count). The van der Waals surface area contributed by atoms with E-state index in [-0.39, 0.29) is 40.1 Å². The van der Waals surface area contributed by atoms with Gasteiger partial charge in [-0.2, -0.15) is 0 Å². The van der Waals surface area contributed by atoms with E-state index in [0.717, 1.165) is 37.7 Å². The molecule has 5 aliphatic carbocycles. The number of aliphatic hydroxyl groups is 3. The molecule has 5 N–H and O–H groups in total. The van der Waals surface area contributed by atoms with Crippen molar-refractivity contribution in [2.45, 2.75) is 149 Å². The molecule has 6 aliphatic rings. The van der Waals surface area contributed by atoms with Crippen molar-refractivity contribution in [3.05, 3.63) is 11.6 Å². The molecular formula is C36H56O9. The molecule has 0 aromatic rings. The highest BCUT2D eigenvalue weighted by atomic mass is 16.7. The van der Waals surface area contributed by atoms with Crippen LogP contribution in [-0.4, -0.2) is 74.3 Å². The molecule has 1 aliphatic heterocycles. The first-order chi connectivity index (χ1) is 20.8. The highest BCUT2D eigenvalue weighted by Gasteiger charge is 2.73. The van der Waals surface area contributed by atoms with Gasteiger partial charge in [0.25, 0.3) is 0 Å². The molecule has 4 saturated carbocycles. The van der Waals surface area contributed by atoms with Crippen LogP contribution >= 0.6 is 0 Å². The van der Waals surface area contributed by atoms with Crippen molar-refractivity contribution in [3.8, 4) is 0 Å². The van der Waals surface area contributed by atoms with E-state index in [1.807, 2.05) is 0 Å². The maximum Gasteiger partial charge on any atom is 0.314 e. The first kappa shape index (κ1) is 33.4. The summed E-state index contributed by atoms with van der Waals surface area (Å²) in [7, 11) is 0. The summed E-state index contributed by atoms with van der Waals surface area (Å²) in [6.45, 7) is 15.0. The molecule has 0 bridgehead atoms. The number of carboxylic acid groups (broad SMARTS) is 2. The third-order valence-corrected chi connectivity index (χ3v) is 14.9. The van der Waals surface area contributed by atoms with E-state index in [4.69, 9.17) is 9.47 Å². The second-order valence-corrected chi connectivity index (χ2v) is 17.7. The third-order valence-electron chi connectivity index (χ3n) is 14.9. The number of allylic oxidation sites excluding steroid dienone is 1. The van der Waals surface area contributed by atoms with E-state index < -0.39 is 58.9 Å². The maximum atomic E-state index is 13.8. The first-order valence-corrected chi connectivity index (χ1v) is 17.3. The van der Waals surface area contributed by atoms with Gasteiger partial charge in [-0.1, -0.05) is 53.2 Å². The molecule has 0 spiro atoms. The molecule has 0 amide bonds. The van der Waals surface area contributed by atoms with Gasteiger partial charge in [-0.3, -0.25) is 9.59 Å². The van der Waals surface area contributed by atoms with E-state index in [1.54, 1.807) is 6.92 Å². The van der Waals surface area contributed by atoms with E-state index in [9.17, 15) is 35.1 Å². The molecule has 0 unspecified atom stereocenters. The number of fused-ring (bicyclic) bond motifs is 7. The van der Waals surface area contributed by atoms with Gasteiger partial charge >= 0.3 is 11.9 Å². The smallest absolute Gasteiger partial charge is 0.314 e. The van der Waals surface area contributed by atoms with Gasteiger partial charge in [0.1, 0.15) is 18.3 Å². The van der Waals surface area contributed by atoms with Crippen LogP contribution < -0.4 is 0 Å². The zero-order valence-electron chi connectivity index (χ0n) is 28.2. The van der Waals surface area contributed by atoms with Crippen LogP contribution in [-0.2, 0) is 19.1 Å². The van der Waals surface area contributed by atoms with Crippen LogP contribution in [0.4, 0.5) is 0 Å². The number of hydrogen-bond donors (Lipinski definition) is 5. The van der Waals surface area contributed by atoms with Crippen molar-refractivity contribution in [3.63, 3.8) is 0 Å². The Morgan fingerprint density at radius 1 is 0.822 bits per heavy atom. The lowest BCUT2D eigenvalue weighted by Gasteiger charge is -2.70. The summed E-state index contributed by atoms with van der Waals surface area (Å²) >= 11 is 0. The summed E-state index contributed by atoms with van der Waals surface area (Å²) in [5, 5.41) is 53.2. The van der Waals surface area contributed by atoms with Crippen molar-refractivity contribution in [1.82, 2.24) is 0 Å². The molecule has 13 atom stereocenters. The molecule has 0 radical (unpaired) electrons. The van der Waals surface area contributed by atoms with E-state index in [1.165, 1.54) is 0 Å². The van der Waals surface area contributed by atoms with Gasteiger partial charge in [-0.25, -0.2) is 0 Å². The quantitative estimate of drug-likeness (QED) is 0.209. The molecule has 0 aromatic heterocycles. The first-order valence-electron chi connectivity index (χ1n) is 17.3. The fourth-order valence-corrected chi connectivity index (χ4v) is 12.3. The van der Waals surface area contributed by atoms with Crippen molar-refractivity contribution in [1.29, 1.82) is 0 Å². The lowest BCUT2D eigenvalue weighted by atomic mass is 9.33. The number of ether oxygens (including phenoxy) is 2. The Morgan fingerprint density at radius 3 is 2.13 bits per heavy atom. The summed E-state index contributed by atoms with van der Waals surface area (Å²) in [6.07, 6.45) is 3.02. The molecule has 1 saturated heterocycles. The van der Waals surface area contributed by atoms with Crippen molar-refractivity contribution in [2.24, 2.45) is 50.2 Å². The predicted octanol–water partition coefficient (Wildman–Crippen LogP) is 5.15. The molecule has 9 nitrogen and oxygen atoms in total. The maximum absolute atomic E-state index is 13.8. The van der Waals surface area contributed by atoms with Crippen LogP contribution in [0, 0.1) is 50.2 Å². The Kier molecular flexibility index (Phi) is 7.78. The molecule has 5 fully saturated rings. The predicted molar refractivity (Wildman–Crippen MR) is 166 cm³/mol. The Labute approximate surface area is 267 Å². The normalized spacial score (nSPS) is 51.9. The minimum absolute atomic E-state index is 0.0443. The Balaban J connectivity index is 1.35. The van der Waals surface area contributed by atoms with Crippen LogP contribution in [0.15, 0.2) is 11.6 Å². The van der Waals surface area contributed by atoms with Crippen molar-refractivity contribution in [2.75, 3.05) is 0 Å². The van der Waals surface area contributed by atoms with E-state index in [0.29, 0.717) is 32.1 Å². The van der Waals surface area contributed by atoms with Gasteiger partial charge in [-0.15, -0.1) is 0 Å². The average Bonchev–Trinajstić information content (AvgIpc) is 2.95. The van der Waals surface area contributed by atoms with Crippen LogP contribution in [0.1, 0.15) is 113 Å². The van der Waals surface area contributed by atoms with Crippen LogP contribution in [0.3, 0.4) is 0 Å². The topological polar surface area (TPSA) is 154 Å². The largest absolute Gasteiger partial charge is 0.481 e. The third kappa shape index (κ3) is 4.42. The summed E-state index contributed by atoms with van der Waals surface area (Å²) in [4.78, 5) is 26.7. The molecule has 45 heavy (non-hydrogen) atoms. The molecule has 254 valence electrons. The zero-order chi connectivity index (χ0) is 33.1. The highest BCUT2D eigenvalue weighted by molar-refractivity contribution is 5.84. The zero-order valence-corrected chi connectivity index (χ0v) is 28.2. The van der Waals surface area contributed by atoms with Crippen molar-refractivity contribution >= 4 is 11.9 Å². The summed E-state index contributed by atoms with van der Waals surface area (Å²) in [6, 6.07) is 0. The minimum atomic E-state index is -1.36. The molecular weight excluding hydrogens is 576 g/mol. The number of aliphatic carboxylic acids is 2. The fourth-order valence-electron chi connectivity index (χ4n) is 12.3. The van der Waals surface area contributed by atoms with Crippen LogP contribution in [0.2, 0.25) is 0 Å². The average molecular weight is 633 g/mol. The standard InChI is InChI=1S/C36H56O9/c1-19-25(37)26(38)27(39)28(44-19)45-24-11-12-33(6)22(32(24,4)5)10-13-34(7)23(33)9-8-20-21-18-31(2,3)14-15-35(21,29(40)41)16-17-36(20,34)30(42)43/h8,19,21-28,37-39H,9-18H2,1-7H3,(H,40,41)(H,42,43)/t19-,21+,22+,23-,24+,25+,26+,27-,28+,33+,34-,35+,36-/m1/s1. The Hall–Kier alpha value is -1.52. The Morgan fingerprint density at radius 2 is 1.49 bits per heavy atom. The van der Waals surface area contributed by atoms with Gasteiger partial charge in [0, 0.05) is 0 Å². The Bertz CT molecular complexity index is 1260. The van der Waals surface area contributed by atoms with Gasteiger partial charge in [-0.05, 0) is 111 Å². The molecule has 0 aromatic carbocycles. The summed E-state index contributed by atoms with van der Waals surface area (Å²) < 4.78 is 12.3. The van der Waals surface area contributed by atoms with Gasteiger partial charge in [0.15, 0.2) is 6.29 Å². The highest BCUT2D eigenvalue weighted by Crippen LogP contribution is 2.76.